The molecule has 0 radical (unpaired) electrons. The SMILES string of the molecule is COc1cc(/C=C2/C(C)=C(CC(=O)NCc3ccco3)c3cc(F)ccc32)cc(OC)c1SC(=O)N(C)C. The molecule has 0 saturated carbocycles. The van der Waals surface area contributed by atoms with Gasteiger partial charge in [0.2, 0.25) is 5.91 Å². The van der Waals surface area contributed by atoms with E-state index < -0.39 is 0 Å². The Morgan fingerprint density at radius 2 is 1.79 bits per heavy atom. The van der Waals surface area contributed by atoms with E-state index in [4.69, 9.17) is 13.9 Å². The largest absolute Gasteiger partial charge is 0.495 e. The summed E-state index contributed by atoms with van der Waals surface area (Å²) in [5.41, 5.74) is 4.78. The predicted molar refractivity (Wildman–Crippen MR) is 147 cm³/mol. The first-order valence-electron chi connectivity index (χ1n) is 11.9. The lowest BCUT2D eigenvalue weighted by atomic mass is 10.0. The van der Waals surface area contributed by atoms with Crippen LogP contribution in [0.15, 0.2) is 63.6 Å². The second-order valence-corrected chi connectivity index (χ2v) is 9.86. The van der Waals surface area contributed by atoms with E-state index in [1.165, 1.54) is 31.3 Å². The number of methoxy groups -OCH3 is 2. The van der Waals surface area contributed by atoms with Gasteiger partial charge in [-0.15, -0.1) is 0 Å². The van der Waals surface area contributed by atoms with Crippen LogP contribution in [0.4, 0.5) is 9.18 Å². The molecule has 0 saturated heterocycles. The number of benzene rings is 2. The van der Waals surface area contributed by atoms with Gasteiger partial charge in [-0.05, 0) is 94.6 Å². The molecule has 7 nitrogen and oxygen atoms in total. The highest BCUT2D eigenvalue weighted by Crippen LogP contribution is 2.45. The van der Waals surface area contributed by atoms with Gasteiger partial charge in [0.1, 0.15) is 28.0 Å². The third-order valence-electron chi connectivity index (χ3n) is 6.18. The molecule has 0 spiro atoms. The number of carbonyl (C=O) groups is 2. The smallest absolute Gasteiger partial charge is 0.286 e. The van der Waals surface area contributed by atoms with E-state index >= 15 is 0 Å². The van der Waals surface area contributed by atoms with Crippen molar-refractivity contribution in [2.75, 3.05) is 28.3 Å². The minimum Gasteiger partial charge on any atom is -0.495 e. The number of halogens is 1. The standard InChI is InChI=1S/C29H29FN2O5S/c1-17-22(11-18-12-25(35-4)28(26(13-18)36-5)38-29(34)32(2)3)21-9-8-19(30)14-24(21)23(17)15-27(33)31-16-20-7-6-10-37-20/h6-14H,15-16H2,1-5H3,(H,31,33)/b22-11-. The molecular weight excluding hydrogens is 507 g/mol. The van der Waals surface area contributed by atoms with Gasteiger partial charge in [0.15, 0.2) is 0 Å². The van der Waals surface area contributed by atoms with Crippen LogP contribution in [0.5, 0.6) is 11.5 Å². The van der Waals surface area contributed by atoms with E-state index in [9.17, 15) is 14.0 Å². The van der Waals surface area contributed by atoms with E-state index in [1.54, 1.807) is 38.6 Å². The number of ether oxygens (including phenoxy) is 2. The van der Waals surface area contributed by atoms with Gasteiger partial charge in [-0.1, -0.05) is 6.07 Å². The average Bonchev–Trinajstić information content (AvgIpc) is 3.50. The lowest BCUT2D eigenvalue weighted by Gasteiger charge is -2.16. The highest BCUT2D eigenvalue weighted by atomic mass is 32.2. The fraction of sp³-hybridized carbons (Fsp3) is 0.241. The van der Waals surface area contributed by atoms with Crippen LogP contribution in [0, 0.1) is 5.82 Å². The summed E-state index contributed by atoms with van der Waals surface area (Å²) in [7, 11) is 6.43. The summed E-state index contributed by atoms with van der Waals surface area (Å²) >= 11 is 1.02. The lowest BCUT2D eigenvalue weighted by Crippen LogP contribution is -2.22. The number of fused-ring (bicyclic) bond motifs is 1. The van der Waals surface area contributed by atoms with Gasteiger partial charge in [-0.25, -0.2) is 4.39 Å². The zero-order chi connectivity index (χ0) is 27.4. The molecule has 1 aliphatic carbocycles. The van der Waals surface area contributed by atoms with Crippen molar-refractivity contribution in [2.45, 2.75) is 24.8 Å². The minimum atomic E-state index is -0.374. The number of nitrogens with zero attached hydrogens (tertiary/aromatic N) is 1. The van der Waals surface area contributed by atoms with Crippen molar-refractivity contribution < 1.29 is 27.9 Å². The molecule has 1 heterocycles. The Bertz CT molecular complexity index is 1400. The zero-order valence-corrected chi connectivity index (χ0v) is 22.7. The van der Waals surface area contributed by atoms with Crippen molar-refractivity contribution in [1.29, 1.82) is 0 Å². The summed E-state index contributed by atoms with van der Waals surface area (Å²) in [6.45, 7) is 2.20. The molecule has 1 aromatic heterocycles. The summed E-state index contributed by atoms with van der Waals surface area (Å²) in [5, 5.41) is 2.70. The molecule has 4 rings (SSSR count). The topological polar surface area (TPSA) is 81.0 Å². The van der Waals surface area contributed by atoms with E-state index in [0.717, 1.165) is 39.6 Å². The number of amides is 2. The summed E-state index contributed by atoms with van der Waals surface area (Å²) < 4.78 is 30.7. The number of hydrogen-bond donors (Lipinski definition) is 1. The Kier molecular flexibility index (Phi) is 8.26. The lowest BCUT2D eigenvalue weighted by molar-refractivity contribution is -0.120. The molecular formula is C29H29FN2O5S. The monoisotopic (exact) mass is 536 g/mol. The van der Waals surface area contributed by atoms with Gasteiger partial charge < -0.3 is 24.1 Å². The van der Waals surface area contributed by atoms with Crippen molar-refractivity contribution in [3.05, 3.63) is 82.6 Å². The van der Waals surface area contributed by atoms with Crippen LogP contribution in [0.3, 0.4) is 0 Å². The third-order valence-corrected chi connectivity index (χ3v) is 7.33. The van der Waals surface area contributed by atoms with Gasteiger partial charge in [-0.3, -0.25) is 9.59 Å². The van der Waals surface area contributed by atoms with Gasteiger partial charge in [0, 0.05) is 14.1 Å². The first kappa shape index (κ1) is 27.1. The summed E-state index contributed by atoms with van der Waals surface area (Å²) in [6, 6.07) is 11.8. The third kappa shape index (κ3) is 5.78. The molecule has 198 valence electrons. The fourth-order valence-electron chi connectivity index (χ4n) is 4.23. The molecule has 2 aromatic carbocycles. The van der Waals surface area contributed by atoms with Gasteiger partial charge >= 0.3 is 0 Å². The Morgan fingerprint density at radius 3 is 2.39 bits per heavy atom. The van der Waals surface area contributed by atoms with Crippen LogP contribution in [-0.2, 0) is 11.3 Å². The van der Waals surface area contributed by atoms with Gasteiger partial charge in [-0.2, -0.15) is 0 Å². The van der Waals surface area contributed by atoms with Crippen molar-refractivity contribution in [2.24, 2.45) is 0 Å². The molecule has 0 fully saturated rings. The normalized spacial score (nSPS) is 13.5. The number of hydrogen-bond acceptors (Lipinski definition) is 6. The fourth-order valence-corrected chi connectivity index (χ4v) is 5.08. The van der Waals surface area contributed by atoms with Crippen molar-refractivity contribution in [3.8, 4) is 11.5 Å². The van der Waals surface area contributed by atoms with Gasteiger partial charge in [0.05, 0.1) is 33.4 Å². The quantitative estimate of drug-likeness (QED) is 0.343. The minimum absolute atomic E-state index is 0.0925. The first-order valence-corrected chi connectivity index (χ1v) is 12.7. The maximum Gasteiger partial charge on any atom is 0.286 e. The summed E-state index contributed by atoms with van der Waals surface area (Å²) in [6.07, 6.45) is 3.60. The second kappa shape index (κ2) is 11.6. The van der Waals surface area contributed by atoms with Crippen LogP contribution in [0.1, 0.15) is 35.8 Å². The van der Waals surface area contributed by atoms with E-state index in [2.05, 4.69) is 5.32 Å². The highest BCUT2D eigenvalue weighted by Gasteiger charge is 2.26. The molecule has 0 atom stereocenters. The second-order valence-electron chi connectivity index (χ2n) is 8.90. The van der Waals surface area contributed by atoms with Crippen molar-refractivity contribution >= 4 is 40.1 Å². The van der Waals surface area contributed by atoms with Crippen molar-refractivity contribution in [1.82, 2.24) is 10.2 Å². The average molecular weight is 537 g/mol. The number of thioether (sulfide) groups is 1. The molecule has 3 aromatic rings. The van der Waals surface area contributed by atoms with E-state index in [0.29, 0.717) is 27.7 Å². The van der Waals surface area contributed by atoms with E-state index in [-0.39, 0.29) is 29.9 Å². The van der Waals surface area contributed by atoms with Crippen LogP contribution in [-0.4, -0.2) is 44.4 Å². The van der Waals surface area contributed by atoms with Crippen LogP contribution in [0.25, 0.3) is 17.2 Å². The zero-order valence-electron chi connectivity index (χ0n) is 21.9. The maximum absolute atomic E-state index is 14.3. The van der Waals surface area contributed by atoms with Crippen LogP contribution in [0.2, 0.25) is 0 Å². The first-order chi connectivity index (χ1) is 18.2. The van der Waals surface area contributed by atoms with E-state index in [1.807, 2.05) is 25.1 Å². The predicted octanol–water partition coefficient (Wildman–Crippen LogP) is 6.24. The molecule has 38 heavy (non-hydrogen) atoms. The highest BCUT2D eigenvalue weighted by molar-refractivity contribution is 8.13. The molecule has 1 N–H and O–H groups in total. The number of allylic oxidation sites excluding steroid dienone is 2. The Labute approximate surface area is 225 Å². The summed E-state index contributed by atoms with van der Waals surface area (Å²) in [4.78, 5) is 27.2. The molecule has 9 heteroatoms. The summed E-state index contributed by atoms with van der Waals surface area (Å²) in [5.74, 6) is 1.07. The number of rotatable bonds is 8. The molecule has 0 unspecified atom stereocenters. The number of carbonyl (C=O) groups excluding carboxylic acids is 2. The van der Waals surface area contributed by atoms with Crippen molar-refractivity contribution in [3.63, 3.8) is 0 Å². The molecule has 2 amide bonds. The molecule has 1 aliphatic rings. The molecule has 0 aliphatic heterocycles. The Hall–Kier alpha value is -3.98. The number of nitrogens with one attached hydrogen (secondary N) is 1. The van der Waals surface area contributed by atoms with Crippen LogP contribution < -0.4 is 14.8 Å². The number of furan rings is 1. The Balaban J connectivity index is 1.70. The van der Waals surface area contributed by atoms with Crippen LogP contribution >= 0.6 is 11.8 Å². The molecule has 0 bridgehead atoms. The maximum atomic E-state index is 14.3. The van der Waals surface area contributed by atoms with Gasteiger partial charge in [0.25, 0.3) is 5.24 Å². The Morgan fingerprint density at radius 1 is 1.08 bits per heavy atom.